The third-order valence-electron chi connectivity index (χ3n) is 8.01. The molecule has 0 saturated carbocycles. The van der Waals surface area contributed by atoms with Gasteiger partial charge in [-0.05, 0) is 77.5 Å². The zero-order valence-corrected chi connectivity index (χ0v) is 20.9. The molecule has 0 spiro atoms. The average Bonchev–Trinajstić information content (AvgIpc) is 3.67. The van der Waals surface area contributed by atoms with Gasteiger partial charge in [0.25, 0.3) is 0 Å². The second-order valence-corrected chi connectivity index (χ2v) is 10.1. The number of aromatic nitrogens is 3. The summed E-state index contributed by atoms with van der Waals surface area (Å²) in [5, 5.41) is 7.43. The molecule has 6 aromatic carbocycles. The van der Waals surface area contributed by atoms with Crippen molar-refractivity contribution in [2.45, 2.75) is 0 Å². The van der Waals surface area contributed by atoms with Crippen LogP contribution in [0.25, 0.3) is 76.9 Å². The largest absolute Gasteiger partial charge is 0.443 e. The van der Waals surface area contributed by atoms with Gasteiger partial charge in [0.1, 0.15) is 5.52 Å². The fourth-order valence-corrected chi connectivity index (χ4v) is 6.30. The van der Waals surface area contributed by atoms with E-state index < -0.39 is 0 Å². The van der Waals surface area contributed by atoms with E-state index >= 15 is 0 Å². The van der Waals surface area contributed by atoms with Crippen LogP contribution in [0.5, 0.6) is 0 Å². The summed E-state index contributed by atoms with van der Waals surface area (Å²) in [6.45, 7) is 0. The number of hydrogen-bond donors (Lipinski definition) is 0. The quantitative estimate of drug-likeness (QED) is 0.238. The molecule has 0 amide bonds. The van der Waals surface area contributed by atoms with Gasteiger partial charge in [-0.25, -0.2) is 4.98 Å². The molecule has 0 bridgehead atoms. The molecule has 9 rings (SSSR count). The Morgan fingerprint density at radius 3 is 1.72 bits per heavy atom. The van der Waals surface area contributed by atoms with Crippen LogP contribution in [0.1, 0.15) is 0 Å². The van der Waals surface area contributed by atoms with E-state index in [4.69, 9.17) is 4.42 Å². The lowest BCUT2D eigenvalue weighted by atomic mass is 10.0. The SMILES string of the molecule is c1ccc(-n2c3ccccc3c3cc4cc5c(cc4cc32)c2ccccc2n5-c2ccc3ocnc3c2)cc1. The van der Waals surface area contributed by atoms with Crippen LogP contribution in [-0.4, -0.2) is 14.1 Å². The van der Waals surface area contributed by atoms with Crippen LogP contribution in [0.15, 0.2) is 132 Å². The van der Waals surface area contributed by atoms with Crippen LogP contribution in [-0.2, 0) is 0 Å². The number of rotatable bonds is 2. The number of oxazole rings is 1. The van der Waals surface area contributed by atoms with Crippen molar-refractivity contribution in [2.24, 2.45) is 0 Å². The summed E-state index contributed by atoms with van der Waals surface area (Å²) >= 11 is 0. The molecule has 4 nitrogen and oxygen atoms in total. The maximum absolute atomic E-state index is 5.51. The van der Waals surface area contributed by atoms with E-state index in [-0.39, 0.29) is 0 Å². The highest BCUT2D eigenvalue weighted by Gasteiger charge is 2.17. The fraction of sp³-hybridized carbons (Fsp3) is 0. The molecule has 0 fully saturated rings. The lowest BCUT2D eigenvalue weighted by Gasteiger charge is -2.10. The van der Waals surface area contributed by atoms with Crippen LogP contribution < -0.4 is 0 Å². The first-order chi connectivity index (χ1) is 19.3. The van der Waals surface area contributed by atoms with Gasteiger partial charge in [0, 0.05) is 32.9 Å². The lowest BCUT2D eigenvalue weighted by Crippen LogP contribution is -1.94. The molecule has 9 aromatic rings. The van der Waals surface area contributed by atoms with Gasteiger partial charge < -0.3 is 13.6 Å². The Balaban J connectivity index is 1.41. The highest BCUT2D eigenvalue weighted by Crippen LogP contribution is 2.39. The van der Waals surface area contributed by atoms with E-state index in [9.17, 15) is 0 Å². The topological polar surface area (TPSA) is 35.9 Å². The molecule has 182 valence electrons. The lowest BCUT2D eigenvalue weighted by molar-refractivity contribution is 0.602. The van der Waals surface area contributed by atoms with Gasteiger partial charge in [0.2, 0.25) is 0 Å². The molecular weight excluding hydrogens is 478 g/mol. The fourth-order valence-electron chi connectivity index (χ4n) is 6.30. The molecule has 0 aliphatic heterocycles. The molecule has 0 saturated heterocycles. The minimum atomic E-state index is 0.794. The van der Waals surface area contributed by atoms with E-state index in [0.29, 0.717) is 0 Å². The van der Waals surface area contributed by atoms with Gasteiger partial charge in [-0.2, -0.15) is 0 Å². The number of hydrogen-bond acceptors (Lipinski definition) is 2. The predicted molar refractivity (Wildman–Crippen MR) is 160 cm³/mol. The zero-order chi connectivity index (χ0) is 25.5. The highest BCUT2D eigenvalue weighted by atomic mass is 16.3. The molecule has 0 atom stereocenters. The van der Waals surface area contributed by atoms with Gasteiger partial charge in [-0.1, -0.05) is 54.6 Å². The molecule has 0 aliphatic rings. The van der Waals surface area contributed by atoms with Crippen molar-refractivity contribution in [1.29, 1.82) is 0 Å². The smallest absolute Gasteiger partial charge is 0.181 e. The summed E-state index contributed by atoms with van der Waals surface area (Å²) in [7, 11) is 0. The monoisotopic (exact) mass is 499 g/mol. The van der Waals surface area contributed by atoms with Gasteiger partial charge in [-0.15, -0.1) is 0 Å². The van der Waals surface area contributed by atoms with Crippen molar-refractivity contribution >= 4 is 65.5 Å². The van der Waals surface area contributed by atoms with Crippen molar-refractivity contribution < 1.29 is 4.42 Å². The number of para-hydroxylation sites is 3. The first kappa shape index (κ1) is 20.7. The molecule has 39 heavy (non-hydrogen) atoms. The van der Waals surface area contributed by atoms with Crippen molar-refractivity contribution in [3.05, 3.63) is 128 Å². The maximum atomic E-state index is 5.51. The Bertz CT molecular complexity index is 2390. The van der Waals surface area contributed by atoms with Crippen molar-refractivity contribution in [3.8, 4) is 11.4 Å². The molecule has 0 unspecified atom stereocenters. The molecular formula is C35H21N3O. The van der Waals surface area contributed by atoms with E-state index in [2.05, 4.69) is 129 Å². The maximum Gasteiger partial charge on any atom is 0.181 e. The first-order valence-electron chi connectivity index (χ1n) is 13.1. The number of nitrogens with zero attached hydrogens (tertiary/aromatic N) is 3. The Hall–Kier alpha value is -5.35. The molecule has 3 heterocycles. The van der Waals surface area contributed by atoms with Crippen LogP contribution in [0.4, 0.5) is 0 Å². The summed E-state index contributed by atoms with van der Waals surface area (Å²) in [6, 6.07) is 43.6. The Labute approximate surface area is 222 Å². The molecule has 0 radical (unpaired) electrons. The summed E-state index contributed by atoms with van der Waals surface area (Å²) < 4.78 is 10.2. The number of benzene rings is 6. The second-order valence-electron chi connectivity index (χ2n) is 10.1. The molecule has 0 N–H and O–H groups in total. The highest BCUT2D eigenvalue weighted by molar-refractivity contribution is 6.18. The summed E-state index contributed by atoms with van der Waals surface area (Å²) in [4.78, 5) is 4.41. The zero-order valence-electron chi connectivity index (χ0n) is 20.9. The minimum absolute atomic E-state index is 0.794. The van der Waals surface area contributed by atoms with Gasteiger partial charge >= 0.3 is 0 Å². The molecule has 3 aromatic heterocycles. The minimum Gasteiger partial charge on any atom is -0.443 e. The van der Waals surface area contributed by atoms with Crippen molar-refractivity contribution in [1.82, 2.24) is 14.1 Å². The Kier molecular flexibility index (Phi) is 4.02. The Morgan fingerprint density at radius 1 is 0.462 bits per heavy atom. The van der Waals surface area contributed by atoms with Gasteiger partial charge in [-0.3, -0.25) is 0 Å². The Morgan fingerprint density at radius 2 is 1.05 bits per heavy atom. The van der Waals surface area contributed by atoms with Crippen molar-refractivity contribution in [2.75, 3.05) is 0 Å². The van der Waals surface area contributed by atoms with E-state index in [1.165, 1.54) is 66.5 Å². The third kappa shape index (κ3) is 2.85. The van der Waals surface area contributed by atoms with Crippen LogP contribution in [0.2, 0.25) is 0 Å². The van der Waals surface area contributed by atoms with Gasteiger partial charge in [0.05, 0.1) is 22.1 Å². The molecule has 0 aliphatic carbocycles. The van der Waals surface area contributed by atoms with Gasteiger partial charge in [0.15, 0.2) is 12.0 Å². The number of fused-ring (bicyclic) bond motifs is 8. The van der Waals surface area contributed by atoms with Crippen LogP contribution >= 0.6 is 0 Å². The summed E-state index contributed by atoms with van der Waals surface area (Å²) in [6.07, 6.45) is 1.50. The summed E-state index contributed by atoms with van der Waals surface area (Å²) in [5.41, 5.74) is 8.68. The third-order valence-corrected chi connectivity index (χ3v) is 8.01. The average molecular weight is 500 g/mol. The summed E-state index contributed by atoms with van der Waals surface area (Å²) in [5.74, 6) is 0. The second kappa shape index (κ2) is 7.59. The first-order valence-corrected chi connectivity index (χ1v) is 13.1. The van der Waals surface area contributed by atoms with Crippen LogP contribution in [0, 0.1) is 0 Å². The normalized spacial score (nSPS) is 12.1. The van der Waals surface area contributed by atoms with Crippen molar-refractivity contribution in [3.63, 3.8) is 0 Å². The van der Waals surface area contributed by atoms with Crippen LogP contribution in [0.3, 0.4) is 0 Å². The standard InChI is InChI=1S/C35H21N3O/c1-2-8-24(9-3-1)37-31-12-6-4-10-26(31)28-16-23-19-34-29(17-22(23)18-33(28)37)27-11-5-7-13-32(27)38(34)25-14-15-35-30(20-25)36-21-39-35/h1-21H. The van der Waals surface area contributed by atoms with E-state index in [1.54, 1.807) is 0 Å². The van der Waals surface area contributed by atoms with E-state index in [0.717, 1.165) is 16.8 Å². The van der Waals surface area contributed by atoms with E-state index in [1.807, 2.05) is 6.07 Å². The predicted octanol–water partition coefficient (Wildman–Crippen LogP) is 9.18. The molecule has 4 heteroatoms.